The molecule has 4 aliphatic heterocycles. The van der Waals surface area contributed by atoms with Gasteiger partial charge < -0.3 is 143 Å². The molecule has 6 aliphatic rings. The maximum Gasteiger partial charge on any atom is 0.207 e. The molecular weight excluding hydrogens is 1080 g/mol. The van der Waals surface area contributed by atoms with Crippen molar-refractivity contribution >= 4 is 51.3 Å². The molecule has 0 aromatic heterocycles. The molecule has 0 aromatic rings. The van der Waals surface area contributed by atoms with Crippen molar-refractivity contribution in [1.82, 2.24) is 42.5 Å². The molecule has 80 heavy (non-hydrogen) atoms. The summed E-state index contributed by atoms with van der Waals surface area (Å²) in [6, 6.07) is -8.00. The lowest BCUT2D eigenvalue weighted by Gasteiger charge is -2.48. The fourth-order valence-corrected chi connectivity index (χ4v) is 10.4. The van der Waals surface area contributed by atoms with Gasteiger partial charge in [0.25, 0.3) is 0 Å². The Morgan fingerprint density at radius 3 is 1.02 bits per heavy atom. The average Bonchev–Trinajstić information content (AvgIpc) is 3.45. The minimum absolute atomic E-state index is 0.00668. The van der Waals surface area contributed by atoms with Crippen LogP contribution in [0.2, 0.25) is 0 Å². The summed E-state index contributed by atoms with van der Waals surface area (Å²) in [7, 11) is 0. The van der Waals surface area contributed by atoms with Gasteiger partial charge >= 0.3 is 0 Å². The van der Waals surface area contributed by atoms with Gasteiger partial charge in [-0.15, -0.1) is 0 Å². The number of nitrogens with one attached hydrogen (secondary N) is 8. The van der Waals surface area contributed by atoms with Crippen molar-refractivity contribution in [3.8, 4) is 0 Å². The molecule has 4 heterocycles. The molecule has 6 fully saturated rings. The van der Waals surface area contributed by atoms with Crippen LogP contribution < -0.4 is 54.0 Å². The van der Waals surface area contributed by atoms with Crippen molar-refractivity contribution in [3.05, 3.63) is 0 Å². The van der Waals surface area contributed by atoms with E-state index in [4.69, 9.17) is 49.4 Å². The largest absolute Gasteiger partial charge is 0.394 e. The summed E-state index contributed by atoms with van der Waals surface area (Å²) in [6.45, 7) is -1.53. The van der Waals surface area contributed by atoms with Crippen molar-refractivity contribution in [2.24, 2.45) is 11.5 Å². The van der Waals surface area contributed by atoms with Gasteiger partial charge in [0.2, 0.25) is 51.3 Å². The highest BCUT2D eigenvalue weighted by atomic mass is 16.7. The molecule has 8 amide bonds. The van der Waals surface area contributed by atoms with E-state index in [2.05, 4.69) is 42.5 Å². The van der Waals surface area contributed by atoms with Crippen LogP contribution in [0.3, 0.4) is 0 Å². The predicted octanol–water partition coefficient (Wildman–Crippen LogP) is -14.3. The van der Waals surface area contributed by atoms with E-state index in [0.29, 0.717) is 38.5 Å². The van der Waals surface area contributed by atoms with Crippen LogP contribution >= 0.6 is 0 Å². The third-order valence-corrected chi connectivity index (χ3v) is 14.5. The predicted molar refractivity (Wildman–Crippen MR) is 257 cm³/mol. The summed E-state index contributed by atoms with van der Waals surface area (Å²) >= 11 is 0. The molecule has 0 radical (unpaired) electrons. The SMILES string of the molecule is N[C@@H]1C[C@H](NC=O)[C@@H](O[C@H]2O[C@H](CNC=O)[C@@H](O)C[C@H]2NC=O)[C@H](O)[C@H]1O[C@H]1O[C@H](CO)[C@@H](O)[C@H](NC=O)[C@H]1O.N[C@H]1C[C@@H](NC=O)[C@H](O[C@H]2O[C@H](CO)[C@@H](O)[C@H](NC=O)[C@H]2O)[C@@H](O)[C@@H]1O[C@H]1O[C@H](CNC=O)[C@@H](O)C[C@H]1NC=O. The molecule has 4 saturated heterocycles. The average molecular weight is 1160 g/mol. The van der Waals surface area contributed by atoms with Gasteiger partial charge in [-0.05, 0) is 12.8 Å². The summed E-state index contributed by atoms with van der Waals surface area (Å²) in [6.07, 6.45) is -24.0. The first-order valence-corrected chi connectivity index (χ1v) is 25.3. The Morgan fingerprint density at radius 1 is 0.375 bits per heavy atom. The number of amides is 8. The lowest BCUT2D eigenvalue weighted by Crippen LogP contribution is -2.69. The zero-order valence-corrected chi connectivity index (χ0v) is 42.6. The Kier molecular flexibility index (Phi) is 26.3. The van der Waals surface area contributed by atoms with E-state index in [9.17, 15) is 89.4 Å². The number of hydrogen-bond donors (Lipinski definition) is 20. The number of ether oxygens (including phenoxy) is 8. The van der Waals surface area contributed by atoms with E-state index in [1.165, 1.54) is 0 Å². The number of carbonyl (C=O) groups is 8. The second-order valence-corrected chi connectivity index (χ2v) is 19.5. The van der Waals surface area contributed by atoms with Gasteiger partial charge in [0, 0.05) is 38.0 Å². The maximum atomic E-state index is 11.3. The molecule has 456 valence electrons. The standard InChI is InChI=1S/2C22H37N5O13/c23-9-1-10(25-6-30)20(40-21-11(26-7-31)2-12(33)13(37-21)3-24-5-29)18(36)19(9)39-22-17(35)15(27-8-32)16(34)14(4-28)38-22;23-9-1-10(25-6-30)20(40-22-17(35)15(27-8-32)16(34)14(4-28)38-22)18(36)19(9)39-21-11(26-7-31)2-12(33)13(37-21)3-24-5-29/h2*5-22,28,33-36H,1-4,23H2,(H,24,29)(H,25,30)(H,26,31)(H,27,32)/t9-,10+,11-,12+,13-,14-,15+,16-,17-,18-,19+,20-,21-,22-;9-,10+,11+,12-,13+,14+,15-,16+,17+,18-,19+,20-,21+,22+/m10/s1. The maximum absolute atomic E-state index is 11.3. The van der Waals surface area contributed by atoms with Gasteiger partial charge in [0.05, 0.1) is 61.7 Å². The molecule has 36 heteroatoms. The summed E-state index contributed by atoms with van der Waals surface area (Å²) in [5, 5.41) is 124. The van der Waals surface area contributed by atoms with Crippen LogP contribution in [0.25, 0.3) is 0 Å². The third-order valence-electron chi connectivity index (χ3n) is 14.5. The highest BCUT2D eigenvalue weighted by molar-refractivity contribution is 5.49. The fraction of sp³-hybridized carbons (Fsp3) is 0.818. The molecule has 0 aromatic carbocycles. The zero-order chi connectivity index (χ0) is 58.8. The van der Waals surface area contributed by atoms with E-state index in [1.54, 1.807) is 0 Å². The molecule has 2 aliphatic carbocycles. The highest BCUT2D eigenvalue weighted by Crippen LogP contribution is 2.34. The van der Waals surface area contributed by atoms with Crippen LogP contribution in [-0.4, -0.2) is 300 Å². The third kappa shape index (κ3) is 16.1. The number of nitrogens with two attached hydrogens (primary N) is 2. The normalized spacial score (nSPS) is 43.6. The Bertz CT molecular complexity index is 1950. The van der Waals surface area contributed by atoms with E-state index in [0.717, 1.165) is 0 Å². The van der Waals surface area contributed by atoms with Crippen molar-refractivity contribution in [3.63, 3.8) is 0 Å². The van der Waals surface area contributed by atoms with Gasteiger partial charge in [-0.25, -0.2) is 0 Å². The molecule has 0 spiro atoms. The summed E-state index contributed by atoms with van der Waals surface area (Å²) in [5.41, 5.74) is 12.5. The number of carbonyl (C=O) groups excluding carboxylic acids is 8. The highest BCUT2D eigenvalue weighted by Gasteiger charge is 2.54. The van der Waals surface area contributed by atoms with Crippen molar-refractivity contribution < 1.29 is 127 Å². The first kappa shape index (κ1) is 65.8. The fourth-order valence-electron chi connectivity index (χ4n) is 10.4. The van der Waals surface area contributed by atoms with Gasteiger partial charge in [-0.2, -0.15) is 0 Å². The van der Waals surface area contributed by atoms with E-state index < -0.39 is 184 Å². The van der Waals surface area contributed by atoms with Gasteiger partial charge in [0.1, 0.15) is 85.5 Å². The van der Waals surface area contributed by atoms with Crippen LogP contribution in [0.15, 0.2) is 0 Å². The van der Waals surface area contributed by atoms with Crippen LogP contribution in [0.1, 0.15) is 25.7 Å². The van der Waals surface area contributed by atoms with E-state index in [1.807, 2.05) is 0 Å². The molecule has 22 N–H and O–H groups in total. The van der Waals surface area contributed by atoms with Gasteiger partial charge in [0.15, 0.2) is 25.2 Å². The molecule has 0 unspecified atom stereocenters. The summed E-state index contributed by atoms with van der Waals surface area (Å²) in [5.74, 6) is 0. The Hall–Kier alpha value is -5.04. The van der Waals surface area contributed by atoms with Crippen molar-refractivity contribution in [2.75, 3.05) is 26.3 Å². The molecule has 0 bridgehead atoms. The van der Waals surface area contributed by atoms with Gasteiger partial charge in [-0.3, -0.25) is 38.4 Å². The first-order valence-electron chi connectivity index (χ1n) is 25.3. The zero-order valence-electron chi connectivity index (χ0n) is 42.6. The van der Waals surface area contributed by atoms with Crippen LogP contribution in [0.5, 0.6) is 0 Å². The van der Waals surface area contributed by atoms with Gasteiger partial charge in [-0.1, -0.05) is 0 Å². The number of hydrogen-bond acceptors (Lipinski definition) is 28. The molecule has 6 rings (SSSR count). The Morgan fingerprint density at radius 2 is 0.688 bits per heavy atom. The van der Waals surface area contributed by atoms with Crippen LogP contribution in [-0.2, 0) is 76.3 Å². The molecule has 2 saturated carbocycles. The second kappa shape index (κ2) is 32.0. The number of rotatable bonds is 28. The first-order chi connectivity index (χ1) is 38.4. The minimum Gasteiger partial charge on any atom is -0.394 e. The second-order valence-electron chi connectivity index (χ2n) is 19.5. The minimum atomic E-state index is -1.66. The molecule has 28 atom stereocenters. The molecule has 36 nitrogen and oxygen atoms in total. The topological polar surface area (TPSA) is 561 Å². The van der Waals surface area contributed by atoms with Crippen LogP contribution in [0, 0.1) is 0 Å². The number of aliphatic hydroxyl groups is 10. The monoisotopic (exact) mass is 1160 g/mol. The summed E-state index contributed by atoms with van der Waals surface area (Å²) < 4.78 is 46.2. The quantitative estimate of drug-likeness (QED) is 0.0324. The Balaban J connectivity index is 0.000000294. The number of aliphatic hydroxyl groups excluding tert-OH is 10. The van der Waals surface area contributed by atoms with E-state index >= 15 is 0 Å². The van der Waals surface area contributed by atoms with Crippen molar-refractivity contribution in [1.29, 1.82) is 0 Å². The lowest BCUT2D eigenvalue weighted by molar-refractivity contribution is -0.317. The smallest absolute Gasteiger partial charge is 0.207 e. The molecular formula is C44H74N10O26. The van der Waals surface area contributed by atoms with Crippen LogP contribution in [0.4, 0.5) is 0 Å². The summed E-state index contributed by atoms with van der Waals surface area (Å²) in [4.78, 5) is 88.4. The van der Waals surface area contributed by atoms with Crippen molar-refractivity contribution in [2.45, 2.75) is 197 Å². The van der Waals surface area contributed by atoms with E-state index in [-0.39, 0.29) is 51.6 Å². The lowest BCUT2D eigenvalue weighted by atomic mass is 9.83. The Labute approximate surface area is 455 Å².